The maximum absolute atomic E-state index is 12.8. The molecule has 1 saturated heterocycles. The summed E-state index contributed by atoms with van der Waals surface area (Å²) in [7, 11) is 0. The highest BCUT2D eigenvalue weighted by Gasteiger charge is 2.31. The van der Waals surface area contributed by atoms with Crippen LogP contribution in [0.5, 0.6) is 5.75 Å². The van der Waals surface area contributed by atoms with E-state index in [1.54, 1.807) is 12.1 Å². The van der Waals surface area contributed by atoms with Gasteiger partial charge in [-0.2, -0.15) is 0 Å². The Bertz CT molecular complexity index is 355. The molecular weight excluding hydrogens is 207 g/mol. The standard InChI is InChI=1S/C12H17FN2O/c13-8-12(14)6-1-7-15(9-12)10-2-4-11(16)5-3-10/h2-5,16H,1,6-9,14H2. The van der Waals surface area contributed by atoms with E-state index in [1.807, 2.05) is 12.1 Å². The van der Waals surface area contributed by atoms with E-state index in [0.717, 1.165) is 25.1 Å². The van der Waals surface area contributed by atoms with Gasteiger partial charge >= 0.3 is 0 Å². The zero-order valence-corrected chi connectivity index (χ0v) is 9.19. The van der Waals surface area contributed by atoms with Crippen LogP contribution in [0.2, 0.25) is 0 Å². The summed E-state index contributed by atoms with van der Waals surface area (Å²) in [6.45, 7) is 0.944. The first-order valence-corrected chi connectivity index (χ1v) is 5.52. The van der Waals surface area contributed by atoms with E-state index in [2.05, 4.69) is 4.90 Å². The molecule has 3 N–H and O–H groups in total. The molecule has 16 heavy (non-hydrogen) atoms. The van der Waals surface area contributed by atoms with Crippen molar-refractivity contribution in [1.29, 1.82) is 0 Å². The summed E-state index contributed by atoms with van der Waals surface area (Å²) < 4.78 is 12.8. The molecular formula is C12H17FN2O. The monoisotopic (exact) mass is 224 g/mol. The van der Waals surface area contributed by atoms with Crippen LogP contribution in [0, 0.1) is 0 Å². The van der Waals surface area contributed by atoms with Crippen LogP contribution in [0.25, 0.3) is 0 Å². The number of halogens is 1. The van der Waals surface area contributed by atoms with E-state index in [1.165, 1.54) is 0 Å². The number of alkyl halides is 1. The lowest BCUT2D eigenvalue weighted by Gasteiger charge is -2.39. The lowest BCUT2D eigenvalue weighted by atomic mass is 9.91. The smallest absolute Gasteiger partial charge is 0.115 e. The minimum Gasteiger partial charge on any atom is -0.508 e. The van der Waals surface area contributed by atoms with Crippen molar-refractivity contribution in [3.63, 3.8) is 0 Å². The van der Waals surface area contributed by atoms with Gasteiger partial charge in [0.2, 0.25) is 0 Å². The number of hydrogen-bond donors (Lipinski definition) is 2. The number of hydrogen-bond acceptors (Lipinski definition) is 3. The van der Waals surface area contributed by atoms with E-state index < -0.39 is 12.2 Å². The number of phenols is 1. The number of piperidine rings is 1. The van der Waals surface area contributed by atoms with Crippen molar-refractivity contribution >= 4 is 5.69 Å². The summed E-state index contributed by atoms with van der Waals surface area (Å²) in [4.78, 5) is 2.07. The number of rotatable bonds is 2. The highest BCUT2D eigenvalue weighted by molar-refractivity contribution is 5.49. The SMILES string of the molecule is NC1(CF)CCCN(c2ccc(O)cc2)C1. The second-order valence-corrected chi connectivity index (χ2v) is 4.54. The van der Waals surface area contributed by atoms with Crippen molar-refractivity contribution in [2.45, 2.75) is 18.4 Å². The van der Waals surface area contributed by atoms with Gasteiger partial charge in [0.15, 0.2) is 0 Å². The first-order valence-electron chi connectivity index (χ1n) is 5.52. The molecule has 88 valence electrons. The second kappa shape index (κ2) is 4.29. The van der Waals surface area contributed by atoms with Gasteiger partial charge in [-0.25, -0.2) is 4.39 Å². The minimum absolute atomic E-state index is 0.241. The fourth-order valence-electron chi connectivity index (χ4n) is 2.15. The Morgan fingerprint density at radius 2 is 2.06 bits per heavy atom. The molecule has 1 heterocycles. The van der Waals surface area contributed by atoms with E-state index in [0.29, 0.717) is 6.54 Å². The van der Waals surface area contributed by atoms with Gasteiger partial charge in [-0.1, -0.05) is 0 Å². The van der Waals surface area contributed by atoms with Gasteiger partial charge in [0.05, 0.1) is 5.54 Å². The van der Waals surface area contributed by atoms with Crippen molar-refractivity contribution in [2.75, 3.05) is 24.7 Å². The molecule has 1 atom stereocenters. The molecule has 0 saturated carbocycles. The van der Waals surface area contributed by atoms with E-state index in [4.69, 9.17) is 5.73 Å². The van der Waals surface area contributed by atoms with Crippen molar-refractivity contribution in [3.05, 3.63) is 24.3 Å². The number of benzene rings is 1. The molecule has 1 fully saturated rings. The average molecular weight is 224 g/mol. The van der Waals surface area contributed by atoms with Crippen LogP contribution in [0.15, 0.2) is 24.3 Å². The summed E-state index contributed by atoms with van der Waals surface area (Å²) in [5.74, 6) is 0.241. The van der Waals surface area contributed by atoms with Crippen LogP contribution in [0.1, 0.15) is 12.8 Å². The molecule has 2 rings (SSSR count). The fraction of sp³-hybridized carbons (Fsp3) is 0.500. The van der Waals surface area contributed by atoms with Crippen LogP contribution >= 0.6 is 0 Å². The largest absolute Gasteiger partial charge is 0.508 e. The van der Waals surface area contributed by atoms with Gasteiger partial charge in [0.25, 0.3) is 0 Å². The zero-order chi connectivity index (χ0) is 11.6. The second-order valence-electron chi connectivity index (χ2n) is 4.54. The molecule has 0 aliphatic carbocycles. The molecule has 3 nitrogen and oxygen atoms in total. The molecule has 0 aromatic heterocycles. The molecule has 0 spiro atoms. The van der Waals surface area contributed by atoms with Crippen LogP contribution in [-0.4, -0.2) is 30.4 Å². The van der Waals surface area contributed by atoms with Gasteiger partial charge in [0, 0.05) is 18.8 Å². The zero-order valence-electron chi connectivity index (χ0n) is 9.19. The summed E-state index contributed by atoms with van der Waals surface area (Å²) in [6.07, 6.45) is 1.64. The van der Waals surface area contributed by atoms with Gasteiger partial charge in [-0.15, -0.1) is 0 Å². The molecule has 1 aromatic rings. The molecule has 0 amide bonds. The maximum Gasteiger partial charge on any atom is 0.115 e. The van der Waals surface area contributed by atoms with Crippen molar-refractivity contribution in [1.82, 2.24) is 0 Å². The number of nitrogens with zero attached hydrogens (tertiary/aromatic N) is 1. The van der Waals surface area contributed by atoms with Crippen molar-refractivity contribution < 1.29 is 9.50 Å². The van der Waals surface area contributed by atoms with Gasteiger partial charge in [-0.3, -0.25) is 0 Å². The third kappa shape index (κ3) is 2.27. The Labute approximate surface area is 94.7 Å². The van der Waals surface area contributed by atoms with E-state index >= 15 is 0 Å². The Hall–Kier alpha value is -1.29. The molecule has 1 aliphatic heterocycles. The predicted molar refractivity (Wildman–Crippen MR) is 62.4 cm³/mol. The molecule has 1 unspecified atom stereocenters. The fourth-order valence-corrected chi connectivity index (χ4v) is 2.15. The van der Waals surface area contributed by atoms with Crippen molar-refractivity contribution in [2.24, 2.45) is 5.73 Å². The van der Waals surface area contributed by atoms with Gasteiger partial charge < -0.3 is 15.7 Å². The number of aromatic hydroxyl groups is 1. The number of anilines is 1. The highest BCUT2D eigenvalue weighted by atomic mass is 19.1. The first kappa shape index (κ1) is 11.2. The Morgan fingerprint density at radius 3 is 2.69 bits per heavy atom. The lowest BCUT2D eigenvalue weighted by Crippen LogP contribution is -2.56. The summed E-state index contributed by atoms with van der Waals surface area (Å²) in [5, 5.41) is 9.20. The third-order valence-corrected chi connectivity index (χ3v) is 3.09. The minimum atomic E-state index is -0.712. The van der Waals surface area contributed by atoms with Crippen LogP contribution in [-0.2, 0) is 0 Å². The van der Waals surface area contributed by atoms with Crippen LogP contribution < -0.4 is 10.6 Å². The van der Waals surface area contributed by atoms with Gasteiger partial charge in [-0.05, 0) is 37.1 Å². The Balaban J connectivity index is 2.12. The van der Waals surface area contributed by atoms with Crippen LogP contribution in [0.3, 0.4) is 0 Å². The predicted octanol–water partition coefficient (Wildman–Crippen LogP) is 1.66. The quantitative estimate of drug-likeness (QED) is 0.803. The number of nitrogens with two attached hydrogens (primary N) is 1. The summed E-state index contributed by atoms with van der Waals surface area (Å²) in [6, 6.07) is 6.94. The van der Waals surface area contributed by atoms with E-state index in [9.17, 15) is 9.50 Å². The Kier molecular flexibility index (Phi) is 3.01. The Morgan fingerprint density at radius 1 is 1.38 bits per heavy atom. The summed E-state index contributed by atoms with van der Waals surface area (Å²) in [5.41, 5.74) is 6.22. The van der Waals surface area contributed by atoms with Gasteiger partial charge in [0.1, 0.15) is 12.4 Å². The van der Waals surface area contributed by atoms with E-state index in [-0.39, 0.29) is 5.75 Å². The maximum atomic E-state index is 12.8. The highest BCUT2D eigenvalue weighted by Crippen LogP contribution is 2.26. The molecule has 1 aromatic carbocycles. The number of phenolic OH excluding ortho intramolecular Hbond substituents is 1. The third-order valence-electron chi connectivity index (χ3n) is 3.09. The van der Waals surface area contributed by atoms with Crippen LogP contribution in [0.4, 0.5) is 10.1 Å². The topological polar surface area (TPSA) is 49.5 Å². The average Bonchev–Trinajstić information content (AvgIpc) is 2.30. The molecule has 0 bridgehead atoms. The molecule has 0 radical (unpaired) electrons. The molecule has 4 heteroatoms. The normalized spacial score (nSPS) is 25.8. The summed E-state index contributed by atoms with van der Waals surface area (Å²) >= 11 is 0. The lowest BCUT2D eigenvalue weighted by molar-refractivity contribution is 0.264. The molecule has 1 aliphatic rings. The first-order chi connectivity index (χ1) is 7.63. The van der Waals surface area contributed by atoms with Crippen molar-refractivity contribution in [3.8, 4) is 5.75 Å².